The van der Waals surface area contributed by atoms with E-state index in [4.69, 9.17) is 0 Å². The molecule has 0 aliphatic rings. The molecular weight excluding hydrogens is 386 g/mol. The number of rotatable bonds is 18. The Morgan fingerprint density at radius 2 is 1.23 bits per heavy atom. The third-order valence-electron chi connectivity index (χ3n) is 5.65. The summed E-state index contributed by atoms with van der Waals surface area (Å²) >= 11 is 0. The van der Waals surface area contributed by atoms with Crippen molar-refractivity contribution in [3.8, 4) is 0 Å². The third-order valence-corrected chi connectivity index (χ3v) is 5.65. The molecule has 31 heavy (non-hydrogen) atoms. The maximum atomic E-state index is 11.9. The van der Waals surface area contributed by atoms with Gasteiger partial charge in [-0.15, -0.1) is 0 Å². The summed E-state index contributed by atoms with van der Waals surface area (Å²) in [6, 6.07) is 7.14. The lowest BCUT2D eigenvalue weighted by Crippen LogP contribution is -2.30. The van der Waals surface area contributed by atoms with Crippen molar-refractivity contribution in [2.24, 2.45) is 0 Å². The molecule has 0 atom stereocenters. The van der Waals surface area contributed by atoms with Crippen LogP contribution in [0.15, 0.2) is 30.3 Å². The summed E-state index contributed by atoms with van der Waals surface area (Å²) < 4.78 is 0. The van der Waals surface area contributed by atoms with Crippen LogP contribution in [0, 0.1) is 6.92 Å². The predicted molar refractivity (Wildman–Crippen MR) is 130 cm³/mol. The minimum Gasteiger partial charge on any atom is -0.507 e. The zero-order valence-corrected chi connectivity index (χ0v) is 19.8. The Labute approximate surface area is 189 Å². The summed E-state index contributed by atoms with van der Waals surface area (Å²) in [6.07, 6.45) is 19.0. The van der Waals surface area contributed by atoms with Crippen molar-refractivity contribution < 1.29 is 14.7 Å². The van der Waals surface area contributed by atoms with E-state index in [1.807, 2.05) is 19.1 Å². The van der Waals surface area contributed by atoms with Crippen molar-refractivity contribution in [1.29, 1.82) is 0 Å². The average Bonchev–Trinajstić information content (AvgIpc) is 2.76. The molecule has 1 rings (SSSR count). The van der Waals surface area contributed by atoms with Gasteiger partial charge in [-0.2, -0.15) is 0 Å². The number of aliphatic hydroxyl groups excluding tert-OH is 1. The molecule has 4 nitrogen and oxygen atoms in total. The SMILES string of the molecule is CCCCCCCCCCCCCCCCNC(=O)C(=O)C=C(O)c1ccc(C)cc1. The maximum Gasteiger partial charge on any atom is 0.291 e. The molecule has 0 radical (unpaired) electrons. The van der Waals surface area contributed by atoms with Crippen LogP contribution >= 0.6 is 0 Å². The molecule has 0 aromatic heterocycles. The number of aliphatic hydroxyl groups is 1. The number of benzene rings is 1. The van der Waals surface area contributed by atoms with Gasteiger partial charge in [0.2, 0.25) is 5.78 Å². The van der Waals surface area contributed by atoms with Crippen molar-refractivity contribution in [1.82, 2.24) is 5.32 Å². The highest BCUT2D eigenvalue weighted by molar-refractivity contribution is 6.41. The average molecular weight is 430 g/mol. The van der Waals surface area contributed by atoms with E-state index in [1.54, 1.807) is 12.1 Å². The van der Waals surface area contributed by atoms with Crippen molar-refractivity contribution in [3.05, 3.63) is 41.5 Å². The molecule has 0 fully saturated rings. The van der Waals surface area contributed by atoms with Gasteiger partial charge in [0.15, 0.2) is 0 Å². The zero-order chi connectivity index (χ0) is 22.7. The Kier molecular flexibility index (Phi) is 15.3. The van der Waals surface area contributed by atoms with Gasteiger partial charge in [0, 0.05) is 18.2 Å². The second kappa shape index (κ2) is 17.6. The molecule has 1 amide bonds. The fraction of sp³-hybridized carbons (Fsp3) is 0.630. The Hall–Kier alpha value is -2.10. The van der Waals surface area contributed by atoms with E-state index in [0.29, 0.717) is 12.1 Å². The van der Waals surface area contributed by atoms with Crippen LogP contribution in [-0.2, 0) is 9.59 Å². The molecule has 0 unspecified atom stereocenters. The lowest BCUT2D eigenvalue weighted by molar-refractivity contribution is -0.135. The van der Waals surface area contributed by atoms with E-state index in [-0.39, 0.29) is 5.76 Å². The molecule has 0 saturated carbocycles. The molecule has 2 N–H and O–H groups in total. The molecule has 0 spiro atoms. The summed E-state index contributed by atoms with van der Waals surface area (Å²) in [5.74, 6) is -1.56. The largest absolute Gasteiger partial charge is 0.507 e. The predicted octanol–water partition coefficient (Wildman–Crippen LogP) is 7.06. The van der Waals surface area contributed by atoms with E-state index in [1.165, 1.54) is 77.0 Å². The van der Waals surface area contributed by atoms with Crippen LogP contribution in [0.25, 0.3) is 5.76 Å². The first-order valence-electron chi connectivity index (χ1n) is 12.3. The van der Waals surface area contributed by atoms with Gasteiger partial charge in [-0.3, -0.25) is 9.59 Å². The number of aryl methyl sites for hydroxylation is 1. The van der Waals surface area contributed by atoms with Crippen LogP contribution in [0.2, 0.25) is 0 Å². The molecule has 0 bridgehead atoms. The van der Waals surface area contributed by atoms with Crippen LogP contribution in [0.5, 0.6) is 0 Å². The minimum atomic E-state index is -0.719. The van der Waals surface area contributed by atoms with Crippen LogP contribution in [-0.4, -0.2) is 23.3 Å². The van der Waals surface area contributed by atoms with E-state index in [2.05, 4.69) is 12.2 Å². The Bertz CT molecular complexity index is 649. The van der Waals surface area contributed by atoms with Crippen molar-refractivity contribution in [2.75, 3.05) is 6.54 Å². The van der Waals surface area contributed by atoms with Gasteiger partial charge >= 0.3 is 0 Å². The number of carbonyl (C=O) groups is 2. The van der Waals surface area contributed by atoms with E-state index in [9.17, 15) is 14.7 Å². The highest BCUT2D eigenvalue weighted by Crippen LogP contribution is 2.13. The summed E-state index contributed by atoms with van der Waals surface area (Å²) in [5, 5.41) is 12.6. The molecule has 4 heteroatoms. The van der Waals surface area contributed by atoms with Crippen LogP contribution in [0.4, 0.5) is 0 Å². The number of hydrogen-bond donors (Lipinski definition) is 2. The smallest absolute Gasteiger partial charge is 0.291 e. The number of hydrogen-bond acceptors (Lipinski definition) is 3. The van der Waals surface area contributed by atoms with Crippen molar-refractivity contribution >= 4 is 17.4 Å². The highest BCUT2D eigenvalue weighted by Gasteiger charge is 2.12. The van der Waals surface area contributed by atoms with Gasteiger partial charge in [0.1, 0.15) is 5.76 Å². The van der Waals surface area contributed by atoms with Crippen LogP contribution in [0.3, 0.4) is 0 Å². The summed E-state index contributed by atoms with van der Waals surface area (Å²) in [6.45, 7) is 4.71. The number of nitrogens with one attached hydrogen (secondary N) is 1. The monoisotopic (exact) mass is 429 g/mol. The number of carbonyl (C=O) groups excluding carboxylic acids is 2. The molecule has 1 aromatic carbocycles. The molecule has 0 aliphatic carbocycles. The molecule has 0 aliphatic heterocycles. The van der Waals surface area contributed by atoms with Crippen LogP contribution in [0.1, 0.15) is 108 Å². The summed E-state index contributed by atoms with van der Waals surface area (Å²) in [7, 11) is 0. The Morgan fingerprint density at radius 3 is 1.71 bits per heavy atom. The quantitative estimate of drug-likeness (QED) is 0.114. The molecular formula is C27H43NO3. The second-order valence-corrected chi connectivity index (χ2v) is 8.61. The van der Waals surface area contributed by atoms with Gasteiger partial charge in [-0.05, 0) is 13.3 Å². The molecule has 174 valence electrons. The zero-order valence-electron chi connectivity index (χ0n) is 19.8. The van der Waals surface area contributed by atoms with Gasteiger partial charge in [0.05, 0.1) is 0 Å². The number of ketones is 1. The van der Waals surface area contributed by atoms with Gasteiger partial charge in [0.25, 0.3) is 5.91 Å². The highest BCUT2D eigenvalue weighted by atomic mass is 16.3. The lowest BCUT2D eigenvalue weighted by atomic mass is 10.0. The Balaban J connectivity index is 1.99. The lowest BCUT2D eigenvalue weighted by Gasteiger charge is -2.05. The summed E-state index contributed by atoms with van der Waals surface area (Å²) in [4.78, 5) is 23.8. The van der Waals surface area contributed by atoms with E-state index >= 15 is 0 Å². The number of unbranched alkanes of at least 4 members (excludes halogenated alkanes) is 13. The number of amides is 1. The molecule has 0 heterocycles. The van der Waals surface area contributed by atoms with Crippen molar-refractivity contribution in [2.45, 2.75) is 104 Å². The van der Waals surface area contributed by atoms with Gasteiger partial charge < -0.3 is 10.4 Å². The molecule has 1 aromatic rings. The fourth-order valence-electron chi connectivity index (χ4n) is 3.61. The van der Waals surface area contributed by atoms with Gasteiger partial charge in [-0.25, -0.2) is 0 Å². The third kappa shape index (κ3) is 13.7. The first kappa shape index (κ1) is 26.9. The van der Waals surface area contributed by atoms with Gasteiger partial charge in [-0.1, -0.05) is 120 Å². The van der Waals surface area contributed by atoms with E-state index in [0.717, 1.165) is 24.5 Å². The Morgan fingerprint density at radius 1 is 0.774 bits per heavy atom. The summed E-state index contributed by atoms with van der Waals surface area (Å²) in [5.41, 5.74) is 1.59. The standard InChI is InChI=1S/C27H43NO3/c1-3-4-5-6-7-8-9-10-11-12-13-14-15-16-21-28-27(31)26(30)22-25(29)24-19-17-23(2)18-20-24/h17-20,22,29H,3-16,21H2,1-2H3,(H,28,31). The second-order valence-electron chi connectivity index (χ2n) is 8.61. The normalized spacial score (nSPS) is 11.5. The first-order chi connectivity index (χ1) is 15.0. The topological polar surface area (TPSA) is 66.4 Å². The minimum absolute atomic E-state index is 0.184. The fourth-order valence-corrected chi connectivity index (χ4v) is 3.61. The maximum absolute atomic E-state index is 11.9. The van der Waals surface area contributed by atoms with E-state index < -0.39 is 11.7 Å². The first-order valence-corrected chi connectivity index (χ1v) is 12.3. The van der Waals surface area contributed by atoms with Crippen LogP contribution < -0.4 is 5.32 Å². The molecule has 0 saturated heterocycles. The van der Waals surface area contributed by atoms with Crippen molar-refractivity contribution in [3.63, 3.8) is 0 Å².